The van der Waals surface area contributed by atoms with Crippen LogP contribution in [0, 0.1) is 11.8 Å². The lowest BCUT2D eigenvalue weighted by Gasteiger charge is -2.43. The molecule has 0 aliphatic heterocycles. The van der Waals surface area contributed by atoms with Gasteiger partial charge >= 0.3 is 0 Å². The maximum absolute atomic E-state index is 6.91. The minimum absolute atomic E-state index is 0.0638. The summed E-state index contributed by atoms with van der Waals surface area (Å²) in [6.45, 7) is 11.8. The molecule has 126 valence electrons. The Morgan fingerprint density at radius 3 is 1.88 bits per heavy atom. The van der Waals surface area contributed by atoms with Crippen LogP contribution in [0.1, 0.15) is 27.2 Å². The second-order valence-electron chi connectivity index (χ2n) is 7.87. The summed E-state index contributed by atoms with van der Waals surface area (Å²) in [5.74, 6) is 1.28. The van der Waals surface area contributed by atoms with E-state index in [4.69, 9.17) is 4.43 Å². The third kappa shape index (κ3) is 3.13. The fraction of sp³-hybridized carbons (Fsp3) is 0.364. The second kappa shape index (κ2) is 6.70. The highest BCUT2D eigenvalue weighted by Crippen LogP contribution is 2.42. The van der Waals surface area contributed by atoms with Crippen LogP contribution in [0.15, 0.2) is 73.3 Å². The van der Waals surface area contributed by atoms with E-state index in [-0.39, 0.29) is 5.04 Å². The van der Waals surface area contributed by atoms with E-state index in [1.165, 1.54) is 16.8 Å². The Labute approximate surface area is 147 Å². The van der Waals surface area contributed by atoms with E-state index in [1.807, 2.05) is 0 Å². The number of hydrogen-bond acceptors (Lipinski definition) is 1. The molecule has 0 radical (unpaired) electrons. The highest BCUT2D eigenvalue weighted by Gasteiger charge is 2.51. The van der Waals surface area contributed by atoms with E-state index in [1.54, 1.807) is 0 Å². The summed E-state index contributed by atoms with van der Waals surface area (Å²) < 4.78 is 6.91. The van der Waals surface area contributed by atoms with Crippen LogP contribution in [0.5, 0.6) is 0 Å². The molecule has 1 nitrogen and oxygen atoms in total. The molecule has 0 saturated heterocycles. The summed E-state index contributed by atoms with van der Waals surface area (Å²) in [7, 11) is -2.35. The van der Waals surface area contributed by atoms with Gasteiger partial charge in [0.05, 0.1) is 0 Å². The second-order valence-corrected chi connectivity index (χ2v) is 12.2. The van der Waals surface area contributed by atoms with Gasteiger partial charge in [-0.25, -0.2) is 0 Å². The van der Waals surface area contributed by atoms with E-state index in [2.05, 4.69) is 94.1 Å². The van der Waals surface area contributed by atoms with Crippen LogP contribution >= 0.6 is 0 Å². The van der Waals surface area contributed by atoms with Gasteiger partial charge in [-0.1, -0.05) is 87.5 Å². The van der Waals surface area contributed by atoms with Crippen molar-refractivity contribution in [1.29, 1.82) is 0 Å². The van der Waals surface area contributed by atoms with Gasteiger partial charge in [-0.05, 0) is 33.7 Å². The Balaban J connectivity index is 2.05. The van der Waals surface area contributed by atoms with Gasteiger partial charge in [0.1, 0.15) is 0 Å². The van der Waals surface area contributed by atoms with Gasteiger partial charge < -0.3 is 4.43 Å². The zero-order valence-electron chi connectivity index (χ0n) is 15.0. The first kappa shape index (κ1) is 17.2. The first-order valence-corrected chi connectivity index (χ1v) is 10.8. The van der Waals surface area contributed by atoms with Crippen molar-refractivity contribution in [2.75, 3.05) is 6.61 Å². The van der Waals surface area contributed by atoms with Gasteiger partial charge in [-0.15, -0.1) is 6.58 Å². The minimum Gasteiger partial charge on any atom is -0.407 e. The van der Waals surface area contributed by atoms with E-state index < -0.39 is 8.32 Å². The zero-order chi connectivity index (χ0) is 17.2. The summed E-state index contributed by atoms with van der Waals surface area (Å²) in [5, 5.41) is 2.79. The van der Waals surface area contributed by atoms with Crippen LogP contribution in [-0.4, -0.2) is 14.9 Å². The molecular formula is C22H28OSi. The Morgan fingerprint density at radius 1 is 1.00 bits per heavy atom. The maximum Gasteiger partial charge on any atom is 0.261 e. The molecule has 2 heteroatoms. The van der Waals surface area contributed by atoms with Crippen LogP contribution in [-0.2, 0) is 4.43 Å². The van der Waals surface area contributed by atoms with E-state index in [9.17, 15) is 0 Å². The Morgan fingerprint density at radius 2 is 1.50 bits per heavy atom. The first-order chi connectivity index (χ1) is 11.5. The largest absolute Gasteiger partial charge is 0.407 e. The number of rotatable bonds is 6. The zero-order valence-corrected chi connectivity index (χ0v) is 16.0. The topological polar surface area (TPSA) is 9.23 Å². The molecule has 1 aliphatic rings. The molecule has 2 atom stereocenters. The molecule has 1 saturated carbocycles. The molecule has 2 aromatic rings. The van der Waals surface area contributed by atoms with Crippen LogP contribution in [0.3, 0.4) is 0 Å². The predicted molar refractivity (Wildman–Crippen MR) is 105 cm³/mol. The standard InChI is InChI=1S/C22H28OSi/c1-5-18-16-19(18)17-23-24(22(2,3)4,20-12-8-6-9-13-20)21-14-10-7-11-15-21/h5-15,18-19H,1,16-17H2,2-4H3/t18-,19-/m0/s1. The van der Waals surface area contributed by atoms with Gasteiger partial charge in [0.15, 0.2) is 0 Å². The van der Waals surface area contributed by atoms with Crippen LogP contribution < -0.4 is 10.4 Å². The fourth-order valence-electron chi connectivity index (χ4n) is 3.74. The molecule has 0 aromatic heterocycles. The van der Waals surface area contributed by atoms with Crippen molar-refractivity contribution in [3.8, 4) is 0 Å². The smallest absolute Gasteiger partial charge is 0.261 e. The molecular weight excluding hydrogens is 308 g/mol. The average Bonchev–Trinajstić information content (AvgIpc) is 3.35. The molecule has 0 N–H and O–H groups in total. The third-order valence-electron chi connectivity index (χ3n) is 5.21. The number of benzene rings is 2. The van der Waals surface area contributed by atoms with E-state index >= 15 is 0 Å². The Kier molecular flexibility index (Phi) is 4.80. The van der Waals surface area contributed by atoms with Gasteiger partial charge in [0.2, 0.25) is 0 Å². The summed E-state index contributed by atoms with van der Waals surface area (Å²) in [5.41, 5.74) is 0. The highest BCUT2D eigenvalue weighted by atomic mass is 28.4. The van der Waals surface area contributed by atoms with Gasteiger partial charge in [-0.3, -0.25) is 0 Å². The van der Waals surface area contributed by atoms with E-state index in [0.717, 1.165) is 6.61 Å². The van der Waals surface area contributed by atoms with Gasteiger partial charge in [0.25, 0.3) is 8.32 Å². The predicted octanol–water partition coefficient (Wildman–Crippen LogP) is 4.39. The Bertz CT molecular complexity index is 633. The molecule has 2 aromatic carbocycles. The van der Waals surface area contributed by atoms with Crippen molar-refractivity contribution in [3.63, 3.8) is 0 Å². The Hall–Kier alpha value is -1.64. The van der Waals surface area contributed by atoms with Crippen molar-refractivity contribution in [1.82, 2.24) is 0 Å². The van der Waals surface area contributed by atoms with Crippen LogP contribution in [0.25, 0.3) is 0 Å². The lowest BCUT2D eigenvalue weighted by molar-refractivity contribution is 0.277. The quantitative estimate of drug-likeness (QED) is 0.562. The average molecular weight is 337 g/mol. The van der Waals surface area contributed by atoms with Crippen LogP contribution in [0.4, 0.5) is 0 Å². The van der Waals surface area contributed by atoms with Crippen molar-refractivity contribution >= 4 is 18.7 Å². The van der Waals surface area contributed by atoms with Gasteiger partial charge in [-0.2, -0.15) is 0 Å². The molecule has 0 heterocycles. The number of allylic oxidation sites excluding steroid dienone is 1. The summed E-state index contributed by atoms with van der Waals surface area (Å²) in [6, 6.07) is 21.7. The molecule has 0 bridgehead atoms. The SMILES string of the molecule is C=C[C@H]1C[C@H]1CO[Si](c1ccccc1)(c1ccccc1)C(C)(C)C. The van der Waals surface area contributed by atoms with Crippen LogP contribution in [0.2, 0.25) is 5.04 Å². The molecule has 0 spiro atoms. The molecule has 0 amide bonds. The summed E-state index contributed by atoms with van der Waals surface area (Å²) in [4.78, 5) is 0. The molecule has 3 rings (SSSR count). The van der Waals surface area contributed by atoms with Crippen molar-refractivity contribution < 1.29 is 4.43 Å². The van der Waals surface area contributed by atoms with Crippen molar-refractivity contribution in [3.05, 3.63) is 73.3 Å². The molecule has 1 fully saturated rings. The van der Waals surface area contributed by atoms with Gasteiger partial charge in [0, 0.05) is 6.61 Å². The van der Waals surface area contributed by atoms with Crippen molar-refractivity contribution in [2.24, 2.45) is 11.8 Å². The third-order valence-corrected chi connectivity index (χ3v) is 10.2. The lowest BCUT2D eigenvalue weighted by Crippen LogP contribution is -2.66. The summed E-state index contributed by atoms with van der Waals surface area (Å²) >= 11 is 0. The minimum atomic E-state index is -2.35. The molecule has 24 heavy (non-hydrogen) atoms. The maximum atomic E-state index is 6.91. The number of hydrogen-bond donors (Lipinski definition) is 0. The normalized spacial score (nSPS) is 20.6. The monoisotopic (exact) mass is 336 g/mol. The van der Waals surface area contributed by atoms with Crippen molar-refractivity contribution in [2.45, 2.75) is 32.2 Å². The molecule has 0 unspecified atom stereocenters. The highest BCUT2D eigenvalue weighted by molar-refractivity contribution is 6.99. The summed E-state index contributed by atoms with van der Waals surface area (Å²) in [6.07, 6.45) is 3.31. The molecule has 1 aliphatic carbocycles. The lowest BCUT2D eigenvalue weighted by atomic mass is 10.2. The van der Waals surface area contributed by atoms with E-state index in [0.29, 0.717) is 11.8 Å². The fourth-order valence-corrected chi connectivity index (χ4v) is 8.36. The first-order valence-electron chi connectivity index (χ1n) is 8.86.